The van der Waals surface area contributed by atoms with Crippen LogP contribution in [0.1, 0.15) is 29.8 Å². The van der Waals surface area contributed by atoms with Crippen molar-refractivity contribution >= 4 is 23.3 Å². The van der Waals surface area contributed by atoms with E-state index in [9.17, 15) is 14.7 Å². The van der Waals surface area contributed by atoms with Gasteiger partial charge >= 0.3 is 6.03 Å². The molecule has 6 rings (SSSR count). The fourth-order valence-corrected chi connectivity index (χ4v) is 5.76. The Hall–Kier alpha value is -5.26. The third-order valence-corrected chi connectivity index (χ3v) is 8.40. The number of nitrogens with one attached hydrogen (secondary N) is 2. The number of anilines is 2. The normalized spacial score (nSPS) is 17.5. The number of para-hydroxylation sites is 1. The van der Waals surface area contributed by atoms with Crippen molar-refractivity contribution in [2.24, 2.45) is 5.92 Å². The molecule has 250 valence electrons. The Morgan fingerprint density at radius 2 is 1.60 bits per heavy atom. The number of ether oxygens (including phenoxy) is 4. The van der Waals surface area contributed by atoms with Crippen molar-refractivity contribution in [3.63, 3.8) is 0 Å². The summed E-state index contributed by atoms with van der Waals surface area (Å²) in [6.45, 7) is 5.50. The molecule has 0 aromatic heterocycles. The molecule has 0 spiro atoms. The number of carbonyl (C=O) groups is 2. The van der Waals surface area contributed by atoms with Crippen LogP contribution in [0.25, 0.3) is 0 Å². The molecule has 0 unspecified atom stereocenters. The van der Waals surface area contributed by atoms with Gasteiger partial charge in [-0.25, -0.2) is 4.79 Å². The van der Waals surface area contributed by atoms with Crippen molar-refractivity contribution in [3.8, 4) is 28.7 Å². The minimum atomic E-state index is -0.485. The number of benzene rings is 4. The van der Waals surface area contributed by atoms with Gasteiger partial charge in [0.15, 0.2) is 11.5 Å². The molecule has 0 bridgehead atoms. The molecule has 0 saturated carbocycles. The van der Waals surface area contributed by atoms with E-state index in [-0.39, 0.29) is 31.3 Å². The van der Waals surface area contributed by atoms with Gasteiger partial charge in [-0.1, -0.05) is 37.3 Å². The fraction of sp³-hybridized carbons (Fsp3) is 0.297. The molecule has 0 aliphatic carbocycles. The van der Waals surface area contributed by atoms with Gasteiger partial charge in [-0.3, -0.25) is 9.69 Å². The Labute approximate surface area is 280 Å². The fourth-order valence-electron chi connectivity index (χ4n) is 5.76. The Morgan fingerprint density at radius 3 is 2.33 bits per heavy atom. The van der Waals surface area contributed by atoms with Crippen molar-refractivity contribution in [2.75, 3.05) is 44.2 Å². The summed E-state index contributed by atoms with van der Waals surface area (Å²) in [5.74, 6) is 2.83. The van der Waals surface area contributed by atoms with Gasteiger partial charge in [0.2, 0.25) is 6.79 Å². The summed E-state index contributed by atoms with van der Waals surface area (Å²) in [5.41, 5.74) is 2.38. The van der Waals surface area contributed by atoms with Gasteiger partial charge < -0.3 is 39.6 Å². The first-order chi connectivity index (χ1) is 23.2. The Morgan fingerprint density at radius 1 is 0.938 bits per heavy atom. The van der Waals surface area contributed by atoms with Crippen molar-refractivity contribution < 1.29 is 33.6 Å². The third kappa shape index (κ3) is 7.81. The molecular weight excluding hydrogens is 612 g/mol. The standard InChI is InChI=1S/C37H40N4O7/c1-24-19-41(25(2)22-42)36(43)31-17-27(38-37(44)39-28-12-16-33-34(18-28)46-23-45-33)11-15-32(31)48-35(24)21-40(3)20-26-9-13-30(14-10-26)47-29-7-5-4-6-8-29/h4-18,24-25,35,42H,19-23H2,1-3H3,(H2,38,39,44)/t24-,25+,35-/m1/s1. The van der Waals surface area contributed by atoms with Crippen molar-refractivity contribution in [3.05, 3.63) is 102 Å². The maximum absolute atomic E-state index is 13.8. The van der Waals surface area contributed by atoms with Crippen LogP contribution >= 0.6 is 0 Å². The van der Waals surface area contributed by atoms with Crippen LogP contribution in [0.4, 0.5) is 16.2 Å². The number of likely N-dealkylation sites (N-methyl/N-ethyl adjacent to an activating group) is 1. The molecule has 11 heteroatoms. The summed E-state index contributed by atoms with van der Waals surface area (Å²) >= 11 is 0. The second-order valence-corrected chi connectivity index (χ2v) is 12.2. The Bertz CT molecular complexity index is 1730. The molecule has 2 aliphatic rings. The lowest BCUT2D eigenvalue weighted by Crippen LogP contribution is -2.49. The number of fused-ring (bicyclic) bond motifs is 2. The number of aliphatic hydroxyl groups excluding tert-OH is 1. The van der Waals surface area contributed by atoms with E-state index < -0.39 is 12.1 Å². The van der Waals surface area contributed by atoms with Crippen LogP contribution in [0.5, 0.6) is 28.7 Å². The lowest BCUT2D eigenvalue weighted by Gasteiger charge is -2.38. The number of hydrogen-bond donors (Lipinski definition) is 3. The predicted octanol–water partition coefficient (Wildman–Crippen LogP) is 6.20. The van der Waals surface area contributed by atoms with Gasteiger partial charge in [0.25, 0.3) is 5.91 Å². The Kier molecular flexibility index (Phi) is 9.98. The predicted molar refractivity (Wildman–Crippen MR) is 182 cm³/mol. The van der Waals surface area contributed by atoms with Gasteiger partial charge in [-0.05, 0) is 74.1 Å². The summed E-state index contributed by atoms with van der Waals surface area (Å²) in [5, 5.41) is 15.6. The van der Waals surface area contributed by atoms with Crippen molar-refractivity contribution in [1.82, 2.24) is 9.80 Å². The van der Waals surface area contributed by atoms with Crippen molar-refractivity contribution in [2.45, 2.75) is 32.5 Å². The number of rotatable bonds is 10. The van der Waals surface area contributed by atoms with Crippen LogP contribution in [0.15, 0.2) is 91.0 Å². The van der Waals surface area contributed by atoms with E-state index in [1.54, 1.807) is 41.3 Å². The lowest BCUT2D eigenvalue weighted by atomic mass is 9.99. The number of amides is 3. The smallest absolute Gasteiger partial charge is 0.323 e. The van der Waals surface area contributed by atoms with Gasteiger partial charge in [-0.15, -0.1) is 0 Å². The van der Waals surface area contributed by atoms with E-state index in [2.05, 4.69) is 22.5 Å². The maximum atomic E-state index is 13.8. The quantitative estimate of drug-likeness (QED) is 0.185. The number of aliphatic hydroxyl groups is 1. The second-order valence-electron chi connectivity index (χ2n) is 12.2. The minimum Gasteiger partial charge on any atom is -0.488 e. The van der Waals surface area contributed by atoms with Crippen LogP contribution in [-0.2, 0) is 6.54 Å². The average molecular weight is 653 g/mol. The molecule has 0 radical (unpaired) electrons. The van der Waals surface area contributed by atoms with Crippen LogP contribution < -0.4 is 29.6 Å². The van der Waals surface area contributed by atoms with Crippen LogP contribution in [0.3, 0.4) is 0 Å². The first-order valence-electron chi connectivity index (χ1n) is 16.0. The molecular formula is C37H40N4O7. The van der Waals surface area contributed by atoms with Gasteiger partial charge in [0, 0.05) is 43.0 Å². The van der Waals surface area contributed by atoms with Gasteiger partial charge in [0.1, 0.15) is 23.4 Å². The highest BCUT2D eigenvalue weighted by molar-refractivity contribution is 6.02. The molecule has 3 atom stereocenters. The van der Waals surface area contributed by atoms with E-state index in [1.807, 2.05) is 68.6 Å². The monoisotopic (exact) mass is 652 g/mol. The second kappa shape index (κ2) is 14.7. The molecule has 4 aromatic rings. The zero-order valence-electron chi connectivity index (χ0n) is 27.2. The van der Waals surface area contributed by atoms with Crippen LogP contribution in [-0.4, -0.2) is 72.5 Å². The molecule has 2 aliphatic heterocycles. The SMILES string of the molecule is C[C@@H]1CN([C@@H](C)CO)C(=O)c2cc(NC(=O)Nc3ccc4c(c3)OCO4)ccc2O[C@@H]1CN(C)Cc1ccc(Oc2ccccc2)cc1. The summed E-state index contributed by atoms with van der Waals surface area (Å²) < 4.78 is 23.2. The summed E-state index contributed by atoms with van der Waals surface area (Å²) in [7, 11) is 2.04. The lowest BCUT2D eigenvalue weighted by molar-refractivity contribution is 0.0341. The third-order valence-electron chi connectivity index (χ3n) is 8.40. The first kappa shape index (κ1) is 32.7. The minimum absolute atomic E-state index is 0.0366. The Balaban J connectivity index is 1.15. The molecule has 0 saturated heterocycles. The van der Waals surface area contributed by atoms with E-state index in [1.165, 1.54) is 0 Å². The number of urea groups is 1. The van der Waals surface area contributed by atoms with E-state index in [0.29, 0.717) is 53.8 Å². The molecule has 0 fully saturated rings. The summed E-state index contributed by atoms with van der Waals surface area (Å²) in [4.78, 5) is 30.6. The summed E-state index contributed by atoms with van der Waals surface area (Å²) in [6, 6.07) is 26.9. The van der Waals surface area contributed by atoms with Crippen LogP contribution in [0, 0.1) is 5.92 Å². The van der Waals surface area contributed by atoms with E-state index in [0.717, 1.165) is 17.1 Å². The molecule has 48 heavy (non-hydrogen) atoms. The highest BCUT2D eigenvalue weighted by Gasteiger charge is 2.33. The molecule has 11 nitrogen and oxygen atoms in total. The maximum Gasteiger partial charge on any atom is 0.323 e. The molecule has 2 heterocycles. The van der Waals surface area contributed by atoms with Crippen LogP contribution in [0.2, 0.25) is 0 Å². The summed E-state index contributed by atoms with van der Waals surface area (Å²) in [6.07, 6.45) is -0.260. The average Bonchev–Trinajstić information content (AvgIpc) is 3.56. The van der Waals surface area contributed by atoms with E-state index in [4.69, 9.17) is 18.9 Å². The number of hydrogen-bond acceptors (Lipinski definition) is 8. The number of nitrogens with zero attached hydrogens (tertiary/aromatic N) is 2. The highest BCUT2D eigenvalue weighted by atomic mass is 16.7. The highest BCUT2D eigenvalue weighted by Crippen LogP contribution is 2.35. The van der Waals surface area contributed by atoms with Gasteiger partial charge in [0.05, 0.1) is 18.2 Å². The molecule has 3 N–H and O–H groups in total. The molecule has 4 aromatic carbocycles. The number of carbonyl (C=O) groups excluding carboxylic acids is 2. The molecule has 3 amide bonds. The zero-order chi connectivity index (χ0) is 33.6. The van der Waals surface area contributed by atoms with E-state index >= 15 is 0 Å². The van der Waals surface area contributed by atoms with Gasteiger partial charge in [-0.2, -0.15) is 0 Å². The zero-order valence-corrected chi connectivity index (χ0v) is 27.2. The topological polar surface area (TPSA) is 122 Å². The largest absolute Gasteiger partial charge is 0.488 e. The van der Waals surface area contributed by atoms with Crippen molar-refractivity contribution in [1.29, 1.82) is 0 Å². The first-order valence-corrected chi connectivity index (χ1v) is 16.0.